The first-order valence-corrected chi connectivity index (χ1v) is 8.78. The Morgan fingerprint density at radius 3 is 2.60 bits per heavy atom. The molecule has 3 N–H and O–H groups in total. The van der Waals surface area contributed by atoms with Crippen LogP contribution in [-0.2, 0) is 27.3 Å². The average Bonchev–Trinajstić information content (AvgIpc) is 2.61. The van der Waals surface area contributed by atoms with Gasteiger partial charge in [0.2, 0.25) is 5.43 Å². The van der Waals surface area contributed by atoms with Gasteiger partial charge in [0.1, 0.15) is 5.78 Å². The summed E-state index contributed by atoms with van der Waals surface area (Å²) in [6, 6.07) is 1.38. The van der Waals surface area contributed by atoms with Crippen LogP contribution in [0.4, 0.5) is 0 Å². The number of esters is 1. The van der Waals surface area contributed by atoms with Crippen molar-refractivity contribution < 1.29 is 19.4 Å². The second-order valence-electron chi connectivity index (χ2n) is 5.90. The van der Waals surface area contributed by atoms with E-state index >= 15 is 0 Å². The smallest absolute Gasteiger partial charge is 0.306 e. The van der Waals surface area contributed by atoms with E-state index in [1.807, 2.05) is 11.5 Å². The Labute approximate surface area is 147 Å². The highest BCUT2D eigenvalue weighted by Gasteiger charge is 2.08. The third-order valence-corrected chi connectivity index (χ3v) is 3.99. The Bertz CT molecular complexity index is 624. The van der Waals surface area contributed by atoms with Gasteiger partial charge >= 0.3 is 5.97 Å². The van der Waals surface area contributed by atoms with Crippen LogP contribution in [0.3, 0.4) is 0 Å². The van der Waals surface area contributed by atoms with Gasteiger partial charge in [0.05, 0.1) is 25.3 Å². The van der Waals surface area contributed by atoms with Crippen LogP contribution in [-0.4, -0.2) is 34.6 Å². The molecule has 0 amide bonds. The number of ether oxygens (including phenoxy) is 1. The molecule has 0 saturated heterocycles. The number of hydrogen-bond donors (Lipinski definition) is 2. The van der Waals surface area contributed by atoms with Crippen molar-refractivity contribution in [2.75, 3.05) is 13.2 Å². The van der Waals surface area contributed by atoms with Gasteiger partial charge in [-0.2, -0.15) is 0 Å². The second kappa shape index (κ2) is 11.4. The Morgan fingerprint density at radius 2 is 1.92 bits per heavy atom. The highest BCUT2D eigenvalue weighted by atomic mass is 16.5. The van der Waals surface area contributed by atoms with E-state index in [1.54, 1.807) is 6.20 Å². The molecule has 0 aliphatic carbocycles. The zero-order valence-corrected chi connectivity index (χ0v) is 14.8. The maximum Gasteiger partial charge on any atom is 0.306 e. The summed E-state index contributed by atoms with van der Waals surface area (Å²) < 4.78 is 6.97. The number of rotatable bonds is 12. The summed E-state index contributed by atoms with van der Waals surface area (Å²) in [5.41, 5.74) is 5.49. The van der Waals surface area contributed by atoms with Gasteiger partial charge in [0.15, 0.2) is 5.75 Å². The molecule has 1 rings (SSSR count). The molecule has 0 bridgehead atoms. The molecule has 0 radical (unpaired) electrons. The summed E-state index contributed by atoms with van der Waals surface area (Å²) in [4.78, 5) is 33.8. The lowest BCUT2D eigenvalue weighted by atomic mass is 10.2. The normalized spacial score (nSPS) is 10.6. The number of hydrogen-bond acceptors (Lipinski definition) is 6. The number of carbonyl (C=O) groups excluding carboxylic acids is 2. The van der Waals surface area contributed by atoms with E-state index in [9.17, 15) is 19.5 Å². The number of unbranched alkanes of at least 4 members (excludes halogenated alkanes) is 3. The molecule has 1 heterocycles. The minimum Gasteiger partial charge on any atom is -0.503 e. The van der Waals surface area contributed by atoms with Crippen LogP contribution in [0.1, 0.15) is 51.1 Å². The molecule has 0 aromatic carbocycles. The Hall–Kier alpha value is -2.15. The zero-order valence-electron chi connectivity index (χ0n) is 14.8. The van der Waals surface area contributed by atoms with E-state index < -0.39 is 0 Å². The molecule has 140 valence electrons. The number of ketones is 1. The number of aromatic hydroxyl groups is 1. The number of aryl methyl sites for hydroxylation is 1. The molecule has 0 aliphatic heterocycles. The molecular weight excluding hydrogens is 324 g/mol. The van der Waals surface area contributed by atoms with Crippen LogP contribution in [0, 0.1) is 0 Å². The largest absolute Gasteiger partial charge is 0.503 e. The highest BCUT2D eigenvalue weighted by Crippen LogP contribution is 2.13. The van der Waals surface area contributed by atoms with Gasteiger partial charge in [-0.25, -0.2) is 0 Å². The number of Topliss-reactive ketones (excluding diaryl/α,β-unsaturated/α-hetero) is 1. The van der Waals surface area contributed by atoms with Crippen molar-refractivity contribution in [3.8, 4) is 5.75 Å². The van der Waals surface area contributed by atoms with Gasteiger partial charge in [-0.3, -0.25) is 14.4 Å². The van der Waals surface area contributed by atoms with E-state index in [0.717, 1.165) is 32.2 Å². The minimum atomic E-state index is -0.363. The van der Waals surface area contributed by atoms with Crippen LogP contribution in [0.15, 0.2) is 17.1 Å². The fourth-order valence-electron chi connectivity index (χ4n) is 2.52. The van der Waals surface area contributed by atoms with Crippen molar-refractivity contribution in [1.82, 2.24) is 4.57 Å². The predicted octanol–water partition coefficient (Wildman–Crippen LogP) is 1.53. The molecule has 0 saturated carbocycles. The number of nitrogens with zero attached hydrogens (tertiary/aromatic N) is 1. The van der Waals surface area contributed by atoms with E-state index in [4.69, 9.17) is 10.5 Å². The molecule has 0 unspecified atom stereocenters. The lowest BCUT2D eigenvalue weighted by molar-refractivity contribution is -0.144. The van der Waals surface area contributed by atoms with Crippen LogP contribution in [0.5, 0.6) is 5.75 Å². The third kappa shape index (κ3) is 7.51. The standard InChI is InChI=1S/C18H28N2O5/c1-2-15-18(24)16(22)9-11-20(15)10-5-3-4-6-12-25-17(23)8-7-14(21)13-19/h9,11,24H,2-8,10,12-13,19H2,1H3. The lowest BCUT2D eigenvalue weighted by Gasteiger charge is -2.13. The number of aromatic nitrogens is 1. The predicted molar refractivity (Wildman–Crippen MR) is 94.5 cm³/mol. The van der Waals surface area contributed by atoms with Crippen LogP contribution >= 0.6 is 0 Å². The first-order chi connectivity index (χ1) is 12.0. The summed E-state index contributed by atoms with van der Waals surface area (Å²) in [5.74, 6) is -0.667. The molecule has 0 fully saturated rings. The first kappa shape index (κ1) is 20.9. The quantitative estimate of drug-likeness (QED) is 0.436. The van der Waals surface area contributed by atoms with Gasteiger partial charge in [-0.05, 0) is 25.7 Å². The third-order valence-electron chi connectivity index (χ3n) is 3.99. The molecule has 0 spiro atoms. The number of nitrogens with two attached hydrogens (primary N) is 1. The highest BCUT2D eigenvalue weighted by molar-refractivity contribution is 5.84. The van der Waals surface area contributed by atoms with Crippen molar-refractivity contribution in [3.05, 3.63) is 28.2 Å². The monoisotopic (exact) mass is 352 g/mol. The molecular formula is C18H28N2O5. The average molecular weight is 352 g/mol. The van der Waals surface area contributed by atoms with E-state index in [2.05, 4.69) is 0 Å². The fourth-order valence-corrected chi connectivity index (χ4v) is 2.52. The molecule has 7 nitrogen and oxygen atoms in total. The van der Waals surface area contributed by atoms with Crippen molar-refractivity contribution in [1.29, 1.82) is 0 Å². The number of pyridine rings is 1. The second-order valence-corrected chi connectivity index (χ2v) is 5.90. The minimum absolute atomic E-state index is 0.0413. The Kier molecular flexibility index (Phi) is 9.54. The summed E-state index contributed by atoms with van der Waals surface area (Å²) in [6.07, 6.45) is 6.10. The van der Waals surface area contributed by atoms with E-state index in [0.29, 0.717) is 18.7 Å². The van der Waals surface area contributed by atoms with Crippen molar-refractivity contribution >= 4 is 11.8 Å². The van der Waals surface area contributed by atoms with Gasteiger partial charge in [0.25, 0.3) is 0 Å². The molecule has 7 heteroatoms. The maximum atomic E-state index is 11.4. The van der Waals surface area contributed by atoms with Crippen LogP contribution in [0.25, 0.3) is 0 Å². The zero-order chi connectivity index (χ0) is 18.7. The van der Waals surface area contributed by atoms with Crippen molar-refractivity contribution in [2.45, 2.75) is 58.4 Å². The summed E-state index contributed by atoms with van der Waals surface area (Å²) in [7, 11) is 0. The molecule has 0 atom stereocenters. The SMILES string of the molecule is CCc1c(O)c(=O)ccn1CCCCCCOC(=O)CCC(=O)CN. The van der Waals surface area contributed by atoms with E-state index in [-0.39, 0.29) is 42.3 Å². The maximum absolute atomic E-state index is 11.4. The van der Waals surface area contributed by atoms with Gasteiger partial charge < -0.3 is 20.1 Å². The van der Waals surface area contributed by atoms with Gasteiger partial charge in [-0.1, -0.05) is 13.3 Å². The molecule has 25 heavy (non-hydrogen) atoms. The van der Waals surface area contributed by atoms with E-state index in [1.165, 1.54) is 6.07 Å². The summed E-state index contributed by atoms with van der Waals surface area (Å²) in [5, 5.41) is 9.79. The van der Waals surface area contributed by atoms with Crippen LogP contribution in [0.2, 0.25) is 0 Å². The first-order valence-electron chi connectivity index (χ1n) is 8.78. The topological polar surface area (TPSA) is 112 Å². The lowest BCUT2D eigenvalue weighted by Crippen LogP contribution is -2.15. The molecule has 1 aromatic rings. The summed E-state index contributed by atoms with van der Waals surface area (Å²) >= 11 is 0. The van der Waals surface area contributed by atoms with Gasteiger partial charge in [0, 0.05) is 25.2 Å². The number of carbonyl (C=O) groups is 2. The molecule has 1 aromatic heterocycles. The summed E-state index contributed by atoms with van der Waals surface area (Å²) in [6.45, 7) is 2.95. The Balaban J connectivity index is 2.17. The van der Waals surface area contributed by atoms with Crippen molar-refractivity contribution in [2.24, 2.45) is 5.73 Å². The Morgan fingerprint density at radius 1 is 1.20 bits per heavy atom. The van der Waals surface area contributed by atoms with Crippen LogP contribution < -0.4 is 11.2 Å². The van der Waals surface area contributed by atoms with Crippen molar-refractivity contribution in [3.63, 3.8) is 0 Å². The van der Waals surface area contributed by atoms with Gasteiger partial charge in [-0.15, -0.1) is 0 Å². The fraction of sp³-hybridized carbons (Fsp3) is 0.611. The molecule has 0 aliphatic rings.